The molecular formula is C21H27KO5S. The van der Waals surface area contributed by atoms with Crippen molar-refractivity contribution in [1.82, 2.24) is 0 Å². The van der Waals surface area contributed by atoms with Crippen molar-refractivity contribution in [3.05, 3.63) is 48.0 Å². The van der Waals surface area contributed by atoms with Gasteiger partial charge in [-0.3, -0.25) is 4.55 Å². The van der Waals surface area contributed by atoms with E-state index in [4.69, 9.17) is 9.29 Å². The molecule has 0 aliphatic heterocycles. The van der Waals surface area contributed by atoms with Crippen LogP contribution in [0.1, 0.15) is 57.4 Å². The van der Waals surface area contributed by atoms with Crippen LogP contribution in [0, 0.1) is 0 Å². The number of ether oxygens (including phenoxy) is 1. The molecule has 2 aromatic carbocycles. The maximum absolute atomic E-state index is 11.9. The third-order valence-corrected chi connectivity index (χ3v) is 5.20. The smallest absolute Gasteiger partial charge is 0.872 e. The van der Waals surface area contributed by atoms with Gasteiger partial charge in [0.1, 0.15) is 11.5 Å². The zero-order valence-electron chi connectivity index (χ0n) is 16.7. The third-order valence-electron chi connectivity index (χ3n) is 4.35. The third kappa shape index (κ3) is 9.39. The molecule has 0 saturated carbocycles. The van der Waals surface area contributed by atoms with Crippen molar-refractivity contribution in [3.63, 3.8) is 0 Å². The Morgan fingerprint density at radius 2 is 1.61 bits per heavy atom. The first-order chi connectivity index (χ1) is 12.9. The summed E-state index contributed by atoms with van der Waals surface area (Å²) in [6.07, 6.45) is 9.26. The first-order valence-electron chi connectivity index (χ1n) is 9.45. The van der Waals surface area contributed by atoms with Crippen molar-refractivity contribution in [3.8, 4) is 17.2 Å². The summed E-state index contributed by atoms with van der Waals surface area (Å²) in [6, 6.07) is 10.3. The summed E-state index contributed by atoms with van der Waals surface area (Å²) in [4.78, 5) is -0.249. The van der Waals surface area contributed by atoms with E-state index in [-0.39, 0.29) is 67.8 Å². The molecule has 5 nitrogen and oxygen atoms in total. The van der Waals surface area contributed by atoms with Gasteiger partial charge in [-0.1, -0.05) is 57.6 Å². The summed E-state index contributed by atoms with van der Waals surface area (Å²) in [5.41, 5.74) is 0.914. The predicted molar refractivity (Wildman–Crippen MR) is 104 cm³/mol. The second-order valence-electron chi connectivity index (χ2n) is 6.74. The largest absolute Gasteiger partial charge is 1.00 e. The van der Waals surface area contributed by atoms with Crippen molar-refractivity contribution < 1.29 is 74.2 Å². The predicted octanol–water partition coefficient (Wildman–Crippen LogP) is 2.10. The van der Waals surface area contributed by atoms with Crippen molar-refractivity contribution in [1.29, 1.82) is 0 Å². The van der Waals surface area contributed by atoms with E-state index in [0.717, 1.165) is 24.8 Å². The molecule has 1 N–H and O–H groups in total. The fourth-order valence-electron chi connectivity index (χ4n) is 2.95. The number of aryl methyl sites for hydroxylation is 1. The molecule has 0 saturated heterocycles. The fraction of sp³-hybridized carbons (Fsp3) is 0.429. The van der Waals surface area contributed by atoms with Gasteiger partial charge in [0.05, 0.1) is 4.90 Å². The molecule has 0 amide bonds. The van der Waals surface area contributed by atoms with Crippen LogP contribution in [0.4, 0.5) is 0 Å². The van der Waals surface area contributed by atoms with E-state index in [0.29, 0.717) is 5.75 Å². The molecule has 2 rings (SSSR count). The molecular weight excluding hydrogens is 403 g/mol. The van der Waals surface area contributed by atoms with Gasteiger partial charge >= 0.3 is 51.4 Å². The van der Waals surface area contributed by atoms with Crippen LogP contribution in [0.15, 0.2) is 47.4 Å². The number of hydrogen-bond acceptors (Lipinski definition) is 4. The monoisotopic (exact) mass is 430 g/mol. The maximum atomic E-state index is 11.9. The van der Waals surface area contributed by atoms with E-state index in [9.17, 15) is 13.5 Å². The number of benzene rings is 2. The summed E-state index contributed by atoms with van der Waals surface area (Å²) < 4.78 is 37.2. The van der Waals surface area contributed by atoms with Crippen LogP contribution in [0.3, 0.4) is 0 Å². The van der Waals surface area contributed by atoms with Crippen LogP contribution in [0.25, 0.3) is 0 Å². The Hall–Kier alpha value is -0.414. The first kappa shape index (κ1) is 25.6. The summed E-state index contributed by atoms with van der Waals surface area (Å²) >= 11 is 0. The van der Waals surface area contributed by atoms with Gasteiger partial charge < -0.3 is 9.84 Å². The fourth-order valence-corrected chi connectivity index (χ4v) is 3.47. The Morgan fingerprint density at radius 1 is 0.929 bits per heavy atom. The number of hydrogen-bond donors (Lipinski definition) is 1. The van der Waals surface area contributed by atoms with Gasteiger partial charge in [0, 0.05) is 6.07 Å². The molecule has 7 heteroatoms. The molecule has 0 aliphatic carbocycles. The number of rotatable bonds is 11. The van der Waals surface area contributed by atoms with Gasteiger partial charge in [0.2, 0.25) is 0 Å². The van der Waals surface area contributed by atoms with Crippen LogP contribution in [0.2, 0.25) is 0 Å². The average Bonchev–Trinajstić information content (AvgIpc) is 2.60. The minimum absolute atomic E-state index is 0. The normalized spacial score (nSPS) is 11.1. The molecule has 0 spiro atoms. The molecule has 0 bridgehead atoms. The van der Waals surface area contributed by atoms with Crippen LogP contribution in [-0.4, -0.2) is 13.0 Å². The van der Waals surface area contributed by atoms with Crippen LogP contribution in [0.5, 0.6) is 17.2 Å². The average molecular weight is 431 g/mol. The Bertz CT molecular complexity index is 836. The van der Waals surface area contributed by atoms with Crippen molar-refractivity contribution in [2.45, 2.75) is 63.2 Å². The van der Waals surface area contributed by atoms with E-state index < -0.39 is 10.1 Å². The SMILES string of the molecule is CCCCCCCCCc1cc([O-])cc(Oc2cccc(S(=O)(=O)O)c2)c1.[K+]. The Balaban J connectivity index is 0.00000392. The molecule has 0 aromatic heterocycles. The van der Waals surface area contributed by atoms with Crippen LogP contribution < -0.4 is 61.2 Å². The Labute approximate surface area is 210 Å². The van der Waals surface area contributed by atoms with Gasteiger partial charge in [0.25, 0.3) is 10.1 Å². The minimum atomic E-state index is -4.30. The summed E-state index contributed by atoms with van der Waals surface area (Å²) in [7, 11) is -4.30. The molecule has 0 unspecified atom stereocenters. The number of unbranched alkanes of at least 4 members (excludes halogenated alkanes) is 6. The first-order valence-corrected chi connectivity index (χ1v) is 10.9. The maximum Gasteiger partial charge on any atom is 1.00 e. The summed E-state index contributed by atoms with van der Waals surface area (Å²) in [5, 5.41) is 11.9. The second kappa shape index (κ2) is 13.0. The van der Waals surface area contributed by atoms with Gasteiger partial charge in [-0.15, -0.1) is 5.75 Å². The molecule has 0 radical (unpaired) electrons. The van der Waals surface area contributed by atoms with E-state index in [1.807, 2.05) is 0 Å². The van der Waals surface area contributed by atoms with Gasteiger partial charge in [-0.2, -0.15) is 8.42 Å². The van der Waals surface area contributed by atoms with Gasteiger partial charge in [0.15, 0.2) is 0 Å². The Kier molecular flexibility index (Phi) is 11.9. The van der Waals surface area contributed by atoms with Crippen molar-refractivity contribution >= 4 is 10.1 Å². The zero-order valence-corrected chi connectivity index (χ0v) is 20.6. The molecule has 0 heterocycles. The minimum Gasteiger partial charge on any atom is -0.872 e. The van der Waals surface area contributed by atoms with E-state index in [1.54, 1.807) is 18.2 Å². The van der Waals surface area contributed by atoms with E-state index >= 15 is 0 Å². The van der Waals surface area contributed by atoms with Gasteiger partial charge in [-0.25, -0.2) is 0 Å². The summed E-state index contributed by atoms with van der Waals surface area (Å²) in [5.74, 6) is 0.474. The van der Waals surface area contributed by atoms with Crippen molar-refractivity contribution in [2.24, 2.45) is 0 Å². The second-order valence-corrected chi connectivity index (χ2v) is 8.16. The van der Waals surface area contributed by atoms with Crippen LogP contribution >= 0.6 is 0 Å². The van der Waals surface area contributed by atoms with E-state index in [1.165, 1.54) is 56.4 Å². The molecule has 28 heavy (non-hydrogen) atoms. The van der Waals surface area contributed by atoms with Gasteiger partial charge in [-0.05, 0) is 42.7 Å². The Morgan fingerprint density at radius 3 is 2.29 bits per heavy atom. The van der Waals surface area contributed by atoms with E-state index in [2.05, 4.69) is 6.92 Å². The molecule has 0 atom stereocenters. The quantitative estimate of drug-likeness (QED) is 0.335. The molecule has 148 valence electrons. The topological polar surface area (TPSA) is 86.7 Å². The zero-order chi connectivity index (χ0) is 19.7. The summed E-state index contributed by atoms with van der Waals surface area (Å²) in [6.45, 7) is 2.20. The molecule has 0 fully saturated rings. The molecule has 2 aromatic rings. The molecule has 0 aliphatic rings. The van der Waals surface area contributed by atoms with Crippen LogP contribution in [-0.2, 0) is 16.5 Å². The standard InChI is InChI=1S/C21H28O5S.K/c1-2-3-4-5-6-7-8-10-17-13-18(22)15-20(14-17)26-19-11-9-12-21(16-19)27(23,24)25;/h9,11-16,22H,2-8,10H2,1H3,(H,23,24,25);/q;+1/p-1. The van der Waals surface area contributed by atoms with Crippen molar-refractivity contribution in [2.75, 3.05) is 0 Å².